The fraction of sp³-hybridized carbons (Fsp3) is 0.429. The molecule has 1 saturated heterocycles. The first-order chi connectivity index (χ1) is 19.2. The maximum atomic E-state index is 13.4. The Kier molecular flexibility index (Phi) is 8.30. The van der Waals surface area contributed by atoms with Crippen LogP contribution in [0.25, 0.3) is 22.2 Å². The number of carbonyl (C=O) groups excluding carboxylic acids is 1. The molecule has 210 valence electrons. The highest BCUT2D eigenvalue weighted by atomic mass is 16.6. The molecule has 5 rings (SSSR count). The molecule has 0 atom stereocenters. The van der Waals surface area contributed by atoms with Crippen LogP contribution < -0.4 is 4.90 Å². The number of anilines is 1. The van der Waals surface area contributed by atoms with E-state index in [0.29, 0.717) is 12.1 Å². The smallest absolute Gasteiger partial charge is 0.339 e. The van der Waals surface area contributed by atoms with Gasteiger partial charge in [-0.1, -0.05) is 62.7 Å². The second kappa shape index (κ2) is 11.9. The molecule has 5 heteroatoms. The van der Waals surface area contributed by atoms with Gasteiger partial charge in [-0.3, -0.25) is 0 Å². The van der Waals surface area contributed by atoms with Crippen molar-refractivity contribution in [1.82, 2.24) is 9.55 Å². The number of rotatable bonds is 8. The van der Waals surface area contributed by atoms with Gasteiger partial charge in [-0.15, -0.1) is 0 Å². The first-order valence-corrected chi connectivity index (χ1v) is 14.9. The Morgan fingerprint density at radius 1 is 1.00 bits per heavy atom. The molecule has 0 spiro atoms. The number of piperidine rings is 1. The van der Waals surface area contributed by atoms with Crippen LogP contribution in [0.15, 0.2) is 66.7 Å². The lowest BCUT2D eigenvalue weighted by molar-refractivity contribution is 0.00703. The summed E-state index contributed by atoms with van der Waals surface area (Å²) < 4.78 is 8.21. The minimum atomic E-state index is -0.572. The van der Waals surface area contributed by atoms with Crippen molar-refractivity contribution in [2.24, 2.45) is 5.92 Å². The number of aryl methyl sites for hydroxylation is 1. The number of benzene rings is 3. The number of hydrogen-bond acceptors (Lipinski definition) is 4. The van der Waals surface area contributed by atoms with Crippen LogP contribution in [0.1, 0.15) is 82.0 Å². The van der Waals surface area contributed by atoms with Crippen molar-refractivity contribution in [3.63, 3.8) is 0 Å². The van der Waals surface area contributed by atoms with Crippen molar-refractivity contribution in [2.75, 3.05) is 18.0 Å². The van der Waals surface area contributed by atoms with Crippen LogP contribution in [-0.4, -0.2) is 34.2 Å². The van der Waals surface area contributed by atoms with Crippen LogP contribution in [0, 0.1) is 5.92 Å². The SMILES string of the molecule is CCCCc1nc2ccc(N3CCC(C)CC3)cc2n1Cc1ccc(-c2ccccc2)c(C(=O)OC(C)(C)C)c1. The molecule has 1 aliphatic rings. The maximum Gasteiger partial charge on any atom is 0.339 e. The molecular formula is C35H43N3O2. The molecule has 0 bridgehead atoms. The van der Waals surface area contributed by atoms with E-state index in [-0.39, 0.29) is 5.97 Å². The Hall–Kier alpha value is -3.60. The van der Waals surface area contributed by atoms with Gasteiger partial charge in [0.05, 0.1) is 16.6 Å². The summed E-state index contributed by atoms with van der Waals surface area (Å²) in [6.07, 6.45) is 5.62. The third-order valence-electron chi connectivity index (χ3n) is 7.84. The Bertz CT molecular complexity index is 1460. The number of hydrogen-bond donors (Lipinski definition) is 0. The monoisotopic (exact) mass is 537 g/mol. The minimum Gasteiger partial charge on any atom is -0.456 e. The molecule has 2 heterocycles. The number of nitrogens with zero attached hydrogens (tertiary/aromatic N) is 3. The van der Waals surface area contributed by atoms with Gasteiger partial charge in [-0.25, -0.2) is 9.78 Å². The summed E-state index contributed by atoms with van der Waals surface area (Å²) in [5.41, 5.74) is 6.46. The highest BCUT2D eigenvalue weighted by Gasteiger charge is 2.23. The zero-order chi connectivity index (χ0) is 28.3. The second-order valence-corrected chi connectivity index (χ2v) is 12.3. The Balaban J connectivity index is 1.55. The van der Waals surface area contributed by atoms with E-state index in [0.717, 1.165) is 71.8 Å². The summed E-state index contributed by atoms with van der Waals surface area (Å²) in [4.78, 5) is 21.0. The van der Waals surface area contributed by atoms with Gasteiger partial charge >= 0.3 is 5.97 Å². The highest BCUT2D eigenvalue weighted by Crippen LogP contribution is 2.30. The van der Waals surface area contributed by atoms with E-state index >= 15 is 0 Å². The molecule has 1 fully saturated rings. The zero-order valence-electron chi connectivity index (χ0n) is 24.7. The molecule has 40 heavy (non-hydrogen) atoms. The van der Waals surface area contributed by atoms with Gasteiger partial charge < -0.3 is 14.2 Å². The molecule has 3 aromatic carbocycles. The topological polar surface area (TPSA) is 47.4 Å². The van der Waals surface area contributed by atoms with E-state index in [1.54, 1.807) is 0 Å². The van der Waals surface area contributed by atoms with E-state index in [2.05, 4.69) is 53.6 Å². The lowest BCUT2D eigenvalue weighted by atomic mass is 9.97. The molecule has 0 unspecified atom stereocenters. The van der Waals surface area contributed by atoms with E-state index < -0.39 is 5.60 Å². The third-order valence-corrected chi connectivity index (χ3v) is 7.84. The average Bonchev–Trinajstić information content (AvgIpc) is 3.28. The standard InChI is InChI=1S/C35H43N3O2/c1-6-7-13-33-36-31-17-15-28(37-20-18-25(2)19-21-37)23-32(31)38(33)24-26-14-16-29(27-11-9-8-10-12-27)30(22-26)34(39)40-35(3,4)5/h8-12,14-17,22-23,25H,6-7,13,18-21,24H2,1-5H3. The average molecular weight is 538 g/mol. The third kappa shape index (κ3) is 6.41. The van der Waals surface area contributed by atoms with Gasteiger partial charge in [-0.2, -0.15) is 0 Å². The van der Waals surface area contributed by atoms with Crippen LogP contribution in [0.4, 0.5) is 5.69 Å². The molecular weight excluding hydrogens is 494 g/mol. The van der Waals surface area contributed by atoms with Crippen LogP contribution in [0.3, 0.4) is 0 Å². The van der Waals surface area contributed by atoms with Crippen LogP contribution in [-0.2, 0) is 17.7 Å². The molecule has 4 aromatic rings. The number of fused-ring (bicyclic) bond motifs is 1. The largest absolute Gasteiger partial charge is 0.456 e. The van der Waals surface area contributed by atoms with Gasteiger partial charge in [0.2, 0.25) is 0 Å². The number of ether oxygens (including phenoxy) is 1. The van der Waals surface area contributed by atoms with Crippen LogP contribution in [0.2, 0.25) is 0 Å². The first kappa shape index (κ1) is 27.9. The number of esters is 1. The molecule has 0 radical (unpaired) electrons. The molecule has 0 N–H and O–H groups in total. The fourth-order valence-corrected chi connectivity index (χ4v) is 5.57. The predicted molar refractivity (Wildman–Crippen MR) is 165 cm³/mol. The van der Waals surface area contributed by atoms with E-state index in [9.17, 15) is 4.79 Å². The molecule has 1 aliphatic heterocycles. The van der Waals surface area contributed by atoms with Gasteiger partial charge in [0, 0.05) is 31.7 Å². The molecule has 0 aliphatic carbocycles. The summed E-state index contributed by atoms with van der Waals surface area (Å²) >= 11 is 0. The molecule has 1 aromatic heterocycles. The number of imidazole rings is 1. The van der Waals surface area contributed by atoms with Crippen molar-refractivity contribution in [1.29, 1.82) is 0 Å². The normalized spacial score (nSPS) is 14.6. The van der Waals surface area contributed by atoms with Crippen molar-refractivity contribution in [3.8, 4) is 11.1 Å². The van der Waals surface area contributed by atoms with E-state index in [4.69, 9.17) is 9.72 Å². The summed E-state index contributed by atoms with van der Waals surface area (Å²) in [6.45, 7) is 13.2. The van der Waals surface area contributed by atoms with Crippen molar-refractivity contribution in [2.45, 2.75) is 78.9 Å². The summed E-state index contributed by atoms with van der Waals surface area (Å²) in [6, 6.07) is 23.0. The Morgan fingerprint density at radius 3 is 2.45 bits per heavy atom. The van der Waals surface area contributed by atoms with E-state index in [1.807, 2.05) is 57.2 Å². The summed E-state index contributed by atoms with van der Waals surface area (Å²) in [5, 5.41) is 0. The number of aromatic nitrogens is 2. The van der Waals surface area contributed by atoms with Gasteiger partial charge in [-0.05, 0) is 86.9 Å². The Morgan fingerprint density at radius 2 is 1.75 bits per heavy atom. The van der Waals surface area contributed by atoms with Gasteiger partial charge in [0.25, 0.3) is 0 Å². The number of carbonyl (C=O) groups is 1. The van der Waals surface area contributed by atoms with Gasteiger partial charge in [0.15, 0.2) is 0 Å². The lowest BCUT2D eigenvalue weighted by Crippen LogP contribution is -2.32. The van der Waals surface area contributed by atoms with Crippen molar-refractivity contribution >= 4 is 22.7 Å². The van der Waals surface area contributed by atoms with E-state index in [1.165, 1.54) is 18.5 Å². The zero-order valence-corrected chi connectivity index (χ0v) is 24.7. The maximum absolute atomic E-state index is 13.4. The molecule has 0 saturated carbocycles. The fourth-order valence-electron chi connectivity index (χ4n) is 5.57. The highest BCUT2D eigenvalue weighted by molar-refractivity contribution is 5.97. The molecule has 5 nitrogen and oxygen atoms in total. The van der Waals surface area contributed by atoms with Crippen molar-refractivity contribution < 1.29 is 9.53 Å². The second-order valence-electron chi connectivity index (χ2n) is 12.3. The number of unbranched alkanes of at least 4 members (excludes halogenated alkanes) is 1. The van der Waals surface area contributed by atoms with Crippen LogP contribution in [0.5, 0.6) is 0 Å². The van der Waals surface area contributed by atoms with Crippen molar-refractivity contribution in [3.05, 3.63) is 83.7 Å². The summed E-state index contributed by atoms with van der Waals surface area (Å²) in [5.74, 6) is 1.60. The predicted octanol–water partition coefficient (Wildman–Crippen LogP) is 8.29. The molecule has 0 amide bonds. The quantitative estimate of drug-likeness (QED) is 0.212. The minimum absolute atomic E-state index is 0.295. The van der Waals surface area contributed by atoms with Crippen LogP contribution >= 0.6 is 0 Å². The van der Waals surface area contributed by atoms with Gasteiger partial charge in [0.1, 0.15) is 11.4 Å². The first-order valence-electron chi connectivity index (χ1n) is 14.9. The Labute approximate surface area is 239 Å². The lowest BCUT2D eigenvalue weighted by Gasteiger charge is -2.32. The summed E-state index contributed by atoms with van der Waals surface area (Å²) in [7, 11) is 0.